The lowest BCUT2D eigenvalue weighted by Gasteiger charge is -2.10. The minimum Gasteiger partial charge on any atom is -0.381 e. The fourth-order valence-corrected chi connectivity index (χ4v) is 2.17. The molecule has 0 heterocycles. The Hall–Kier alpha value is -1.95. The van der Waals surface area contributed by atoms with E-state index in [9.17, 15) is 14.5 Å². The van der Waals surface area contributed by atoms with Gasteiger partial charge in [0.05, 0.1) is 4.92 Å². The summed E-state index contributed by atoms with van der Waals surface area (Å²) in [5, 5.41) is 13.7. The normalized spacial score (nSPS) is 10.3. The van der Waals surface area contributed by atoms with Crippen LogP contribution in [-0.2, 0) is 6.54 Å². The molecule has 0 radical (unpaired) electrons. The highest BCUT2D eigenvalue weighted by molar-refractivity contribution is 9.10. The minimum absolute atomic E-state index is 0.395. The highest BCUT2D eigenvalue weighted by Gasteiger charge is 2.13. The van der Waals surface area contributed by atoms with Crippen LogP contribution in [0, 0.1) is 22.9 Å². The number of anilines is 1. The number of hydrogen-bond acceptors (Lipinski definition) is 3. The van der Waals surface area contributed by atoms with Crippen LogP contribution in [0.25, 0.3) is 0 Å². The predicted molar refractivity (Wildman–Crippen MR) is 79.3 cm³/mol. The zero-order chi connectivity index (χ0) is 14.7. The average molecular weight is 339 g/mol. The van der Waals surface area contributed by atoms with Crippen LogP contribution in [0.5, 0.6) is 0 Å². The fraction of sp³-hybridized carbons (Fsp3) is 0.143. The van der Waals surface area contributed by atoms with Crippen molar-refractivity contribution in [2.45, 2.75) is 13.5 Å². The Bertz CT molecular complexity index is 662. The number of rotatable bonds is 4. The van der Waals surface area contributed by atoms with Crippen LogP contribution < -0.4 is 5.32 Å². The van der Waals surface area contributed by atoms with Gasteiger partial charge < -0.3 is 5.32 Å². The Labute approximate surface area is 123 Å². The molecule has 0 fully saturated rings. The zero-order valence-corrected chi connectivity index (χ0v) is 12.3. The van der Waals surface area contributed by atoms with Crippen LogP contribution >= 0.6 is 15.9 Å². The maximum absolute atomic E-state index is 13.5. The highest BCUT2D eigenvalue weighted by Crippen LogP contribution is 2.24. The van der Waals surface area contributed by atoms with Crippen LogP contribution in [0.4, 0.5) is 15.8 Å². The predicted octanol–water partition coefficient (Wildman–Crippen LogP) is 4.42. The molecule has 1 N–H and O–H groups in total. The number of nitro groups is 1. The molecule has 0 spiro atoms. The summed E-state index contributed by atoms with van der Waals surface area (Å²) >= 11 is 3.43. The molecule has 0 aliphatic carbocycles. The van der Waals surface area contributed by atoms with E-state index in [1.165, 1.54) is 12.1 Å². The van der Waals surface area contributed by atoms with E-state index in [0.717, 1.165) is 15.7 Å². The van der Waals surface area contributed by atoms with E-state index in [1.807, 2.05) is 25.1 Å². The largest absolute Gasteiger partial charge is 0.381 e. The van der Waals surface area contributed by atoms with Crippen molar-refractivity contribution >= 4 is 27.3 Å². The van der Waals surface area contributed by atoms with Crippen LogP contribution in [0.2, 0.25) is 0 Å². The number of nitrogens with one attached hydrogen (secondary N) is 1. The minimum atomic E-state index is -0.819. The van der Waals surface area contributed by atoms with Gasteiger partial charge in [0.25, 0.3) is 0 Å². The topological polar surface area (TPSA) is 55.2 Å². The van der Waals surface area contributed by atoms with Crippen molar-refractivity contribution in [3.05, 3.63) is 67.9 Å². The molecule has 0 aromatic heterocycles. The summed E-state index contributed by atoms with van der Waals surface area (Å²) in [6, 6.07) is 9.66. The number of nitro benzene ring substituents is 1. The second kappa shape index (κ2) is 6.00. The van der Waals surface area contributed by atoms with Crippen LogP contribution in [-0.4, -0.2) is 4.92 Å². The van der Waals surface area contributed by atoms with Crippen molar-refractivity contribution in [3.63, 3.8) is 0 Å². The Balaban J connectivity index is 2.13. The summed E-state index contributed by atoms with van der Waals surface area (Å²) < 4.78 is 14.5. The molecular formula is C14H12BrFN2O2. The van der Waals surface area contributed by atoms with E-state index in [4.69, 9.17) is 0 Å². The Morgan fingerprint density at radius 1 is 1.35 bits per heavy atom. The maximum atomic E-state index is 13.5. The first-order valence-electron chi connectivity index (χ1n) is 5.91. The molecule has 6 heteroatoms. The van der Waals surface area contributed by atoms with Crippen molar-refractivity contribution in [1.82, 2.24) is 0 Å². The average Bonchev–Trinajstić information content (AvgIpc) is 2.40. The monoisotopic (exact) mass is 338 g/mol. The number of benzene rings is 2. The standard InChI is InChI=1S/C14H12BrFN2O2/c1-9-11(15)3-2-4-13(9)17-8-10-5-6-14(18(19)20)12(16)7-10/h2-7,17H,8H2,1H3. The van der Waals surface area contributed by atoms with Gasteiger partial charge >= 0.3 is 5.69 Å². The molecule has 0 aliphatic heterocycles. The fourth-order valence-electron chi connectivity index (χ4n) is 1.80. The van der Waals surface area contributed by atoms with Crippen molar-refractivity contribution in [3.8, 4) is 0 Å². The first-order valence-corrected chi connectivity index (χ1v) is 6.70. The Morgan fingerprint density at radius 2 is 2.10 bits per heavy atom. The van der Waals surface area contributed by atoms with Crippen molar-refractivity contribution < 1.29 is 9.31 Å². The third-order valence-corrected chi connectivity index (χ3v) is 3.82. The number of hydrogen-bond donors (Lipinski definition) is 1. The molecule has 0 bridgehead atoms. The third-order valence-electron chi connectivity index (χ3n) is 2.96. The van der Waals surface area contributed by atoms with E-state index >= 15 is 0 Å². The molecule has 104 valence electrons. The quantitative estimate of drug-likeness (QED) is 0.663. The van der Waals surface area contributed by atoms with Crippen molar-refractivity contribution in [2.24, 2.45) is 0 Å². The van der Waals surface area contributed by atoms with E-state index in [2.05, 4.69) is 21.2 Å². The van der Waals surface area contributed by atoms with E-state index < -0.39 is 16.4 Å². The molecule has 2 rings (SSSR count). The Kier molecular flexibility index (Phi) is 4.34. The second-order valence-corrected chi connectivity index (χ2v) is 5.16. The SMILES string of the molecule is Cc1c(Br)cccc1NCc1ccc([N+](=O)[O-])c(F)c1. The highest BCUT2D eigenvalue weighted by atomic mass is 79.9. The van der Waals surface area contributed by atoms with Gasteiger partial charge in [-0.1, -0.05) is 28.1 Å². The van der Waals surface area contributed by atoms with Gasteiger partial charge in [-0.25, -0.2) is 0 Å². The lowest BCUT2D eigenvalue weighted by Crippen LogP contribution is -2.02. The molecule has 0 aliphatic rings. The van der Waals surface area contributed by atoms with Crippen molar-refractivity contribution in [2.75, 3.05) is 5.32 Å². The van der Waals surface area contributed by atoms with Crippen LogP contribution in [0.15, 0.2) is 40.9 Å². The van der Waals surface area contributed by atoms with E-state index in [-0.39, 0.29) is 0 Å². The van der Waals surface area contributed by atoms with E-state index in [0.29, 0.717) is 12.1 Å². The number of nitrogens with zero attached hydrogens (tertiary/aromatic N) is 1. The summed E-state index contributed by atoms with van der Waals surface area (Å²) in [7, 11) is 0. The van der Waals surface area contributed by atoms with Gasteiger partial charge in [0.15, 0.2) is 0 Å². The van der Waals surface area contributed by atoms with Crippen molar-refractivity contribution in [1.29, 1.82) is 0 Å². The molecule has 0 saturated heterocycles. The van der Waals surface area contributed by atoms with Gasteiger partial charge in [-0.2, -0.15) is 4.39 Å². The summed E-state index contributed by atoms with van der Waals surface area (Å²) in [6.45, 7) is 2.36. The molecule has 4 nitrogen and oxygen atoms in total. The summed E-state index contributed by atoms with van der Waals surface area (Å²) in [6.07, 6.45) is 0. The molecule has 0 atom stereocenters. The van der Waals surface area contributed by atoms with Crippen LogP contribution in [0.3, 0.4) is 0 Å². The first kappa shape index (κ1) is 14.5. The molecule has 20 heavy (non-hydrogen) atoms. The van der Waals surface area contributed by atoms with Gasteiger partial charge in [-0.15, -0.1) is 0 Å². The van der Waals surface area contributed by atoms with Gasteiger partial charge in [0.1, 0.15) is 0 Å². The lowest BCUT2D eigenvalue weighted by molar-refractivity contribution is -0.387. The summed E-state index contributed by atoms with van der Waals surface area (Å²) in [5.74, 6) is -0.819. The molecular weight excluding hydrogens is 327 g/mol. The van der Waals surface area contributed by atoms with Crippen LogP contribution in [0.1, 0.15) is 11.1 Å². The summed E-state index contributed by atoms with van der Waals surface area (Å²) in [5.41, 5.74) is 2.12. The second-order valence-electron chi connectivity index (χ2n) is 4.31. The first-order chi connectivity index (χ1) is 9.49. The molecule has 0 amide bonds. The van der Waals surface area contributed by atoms with Gasteiger partial charge in [0.2, 0.25) is 5.82 Å². The van der Waals surface area contributed by atoms with E-state index in [1.54, 1.807) is 6.07 Å². The van der Waals surface area contributed by atoms with Gasteiger partial charge in [0, 0.05) is 22.8 Å². The number of halogens is 2. The molecule has 2 aromatic rings. The molecule has 2 aromatic carbocycles. The van der Waals surface area contributed by atoms with Gasteiger partial charge in [-0.3, -0.25) is 10.1 Å². The molecule has 0 saturated carbocycles. The zero-order valence-electron chi connectivity index (χ0n) is 10.7. The maximum Gasteiger partial charge on any atom is 0.304 e. The van der Waals surface area contributed by atoms with Gasteiger partial charge in [-0.05, 0) is 36.2 Å². The smallest absolute Gasteiger partial charge is 0.304 e. The third kappa shape index (κ3) is 3.14. The molecule has 0 unspecified atom stereocenters. The summed E-state index contributed by atoms with van der Waals surface area (Å²) in [4.78, 5) is 9.81. The lowest BCUT2D eigenvalue weighted by atomic mass is 10.1. The Morgan fingerprint density at radius 3 is 2.75 bits per heavy atom.